The van der Waals surface area contributed by atoms with Gasteiger partial charge in [-0.1, -0.05) is 6.07 Å². The van der Waals surface area contributed by atoms with Gasteiger partial charge in [-0.25, -0.2) is 0 Å². The lowest BCUT2D eigenvalue weighted by molar-refractivity contribution is -0.385. The first-order chi connectivity index (χ1) is 9.65. The summed E-state index contributed by atoms with van der Waals surface area (Å²) in [5, 5.41) is 11.0. The molecule has 7 heteroatoms. The predicted molar refractivity (Wildman–Crippen MR) is 71.0 cm³/mol. The summed E-state index contributed by atoms with van der Waals surface area (Å²) in [5.74, 6) is -0.225. The van der Waals surface area contributed by atoms with Crippen molar-refractivity contribution in [2.75, 3.05) is 32.9 Å². The summed E-state index contributed by atoms with van der Waals surface area (Å²) in [6.07, 6.45) is 0. The normalized spacial score (nSPS) is 14.9. The van der Waals surface area contributed by atoms with E-state index in [9.17, 15) is 14.9 Å². The fraction of sp³-hybridized carbons (Fsp3) is 0.462. The van der Waals surface area contributed by atoms with E-state index in [2.05, 4.69) is 0 Å². The monoisotopic (exact) mass is 280 g/mol. The van der Waals surface area contributed by atoms with Gasteiger partial charge in [0.2, 0.25) is 5.75 Å². The van der Waals surface area contributed by atoms with Crippen LogP contribution >= 0.6 is 0 Å². The van der Waals surface area contributed by atoms with Gasteiger partial charge in [0.05, 0.1) is 30.3 Å². The molecule has 0 atom stereocenters. The van der Waals surface area contributed by atoms with Gasteiger partial charge in [0.15, 0.2) is 0 Å². The number of hydrogen-bond donors (Lipinski definition) is 0. The smallest absolute Gasteiger partial charge is 0.311 e. The number of carbonyl (C=O) groups excluding carboxylic acids is 1. The molecule has 1 saturated heterocycles. The van der Waals surface area contributed by atoms with E-state index in [0.29, 0.717) is 26.3 Å². The maximum Gasteiger partial charge on any atom is 0.311 e. The zero-order chi connectivity index (χ0) is 14.5. The van der Waals surface area contributed by atoms with E-state index in [1.54, 1.807) is 17.9 Å². The highest BCUT2D eigenvalue weighted by Gasteiger charge is 2.27. The molecule has 108 valence electrons. The quantitative estimate of drug-likeness (QED) is 0.616. The molecule has 1 amide bonds. The van der Waals surface area contributed by atoms with Crippen LogP contribution in [0.1, 0.15) is 17.3 Å². The second-order valence-electron chi connectivity index (χ2n) is 4.25. The second kappa shape index (κ2) is 6.33. The largest absolute Gasteiger partial charge is 0.487 e. The van der Waals surface area contributed by atoms with E-state index in [0.717, 1.165) is 0 Å². The van der Waals surface area contributed by atoms with Crippen molar-refractivity contribution >= 4 is 11.6 Å². The van der Waals surface area contributed by atoms with Crippen LogP contribution in [-0.2, 0) is 4.74 Å². The van der Waals surface area contributed by atoms with Crippen LogP contribution in [0.25, 0.3) is 0 Å². The minimum Gasteiger partial charge on any atom is -0.487 e. The molecule has 0 unspecified atom stereocenters. The molecule has 0 radical (unpaired) electrons. The number of para-hydroxylation sites is 1. The van der Waals surface area contributed by atoms with Crippen molar-refractivity contribution in [1.29, 1.82) is 0 Å². The van der Waals surface area contributed by atoms with Gasteiger partial charge >= 0.3 is 5.69 Å². The van der Waals surface area contributed by atoms with Crippen molar-refractivity contribution in [3.63, 3.8) is 0 Å². The second-order valence-corrected chi connectivity index (χ2v) is 4.25. The van der Waals surface area contributed by atoms with Gasteiger partial charge in [-0.2, -0.15) is 0 Å². The molecule has 0 aromatic heterocycles. The Bertz CT molecular complexity index is 511. The summed E-state index contributed by atoms with van der Waals surface area (Å²) < 4.78 is 10.5. The van der Waals surface area contributed by atoms with Crippen molar-refractivity contribution < 1.29 is 19.2 Å². The van der Waals surface area contributed by atoms with Crippen LogP contribution in [0.5, 0.6) is 5.75 Å². The lowest BCUT2D eigenvalue weighted by Gasteiger charge is -2.27. The number of rotatable bonds is 4. The highest BCUT2D eigenvalue weighted by Crippen LogP contribution is 2.31. The Morgan fingerprint density at radius 1 is 1.45 bits per heavy atom. The number of hydrogen-bond acceptors (Lipinski definition) is 5. The maximum atomic E-state index is 12.4. The third kappa shape index (κ3) is 2.88. The van der Waals surface area contributed by atoms with Gasteiger partial charge < -0.3 is 14.4 Å². The molecule has 0 spiro atoms. The average Bonchev–Trinajstić information content (AvgIpc) is 2.47. The van der Waals surface area contributed by atoms with Crippen LogP contribution in [0, 0.1) is 10.1 Å². The Hall–Kier alpha value is -2.15. The number of morpholine rings is 1. The van der Waals surface area contributed by atoms with E-state index in [4.69, 9.17) is 9.47 Å². The van der Waals surface area contributed by atoms with Crippen LogP contribution in [0.3, 0.4) is 0 Å². The molecule has 0 N–H and O–H groups in total. The Balaban J connectivity index is 2.36. The third-order valence-corrected chi connectivity index (χ3v) is 3.01. The van der Waals surface area contributed by atoms with E-state index >= 15 is 0 Å². The molecule has 7 nitrogen and oxygen atoms in total. The molecule has 1 aliphatic rings. The number of amides is 1. The van der Waals surface area contributed by atoms with Crippen LogP contribution in [0.4, 0.5) is 5.69 Å². The molecule has 0 aliphatic carbocycles. The number of ether oxygens (including phenoxy) is 2. The summed E-state index contributed by atoms with van der Waals surface area (Å²) in [6.45, 7) is 3.89. The zero-order valence-corrected chi connectivity index (χ0v) is 11.2. The third-order valence-electron chi connectivity index (χ3n) is 3.01. The van der Waals surface area contributed by atoms with Gasteiger partial charge in [-0.15, -0.1) is 0 Å². The number of carbonyl (C=O) groups is 1. The lowest BCUT2D eigenvalue weighted by Crippen LogP contribution is -2.40. The topological polar surface area (TPSA) is 81.9 Å². The first-order valence-corrected chi connectivity index (χ1v) is 6.42. The summed E-state index contributed by atoms with van der Waals surface area (Å²) in [4.78, 5) is 24.5. The highest BCUT2D eigenvalue weighted by atomic mass is 16.6. The molecule has 1 aliphatic heterocycles. The van der Waals surface area contributed by atoms with E-state index < -0.39 is 4.92 Å². The fourth-order valence-corrected chi connectivity index (χ4v) is 2.07. The first-order valence-electron chi connectivity index (χ1n) is 6.42. The van der Waals surface area contributed by atoms with Gasteiger partial charge in [0.1, 0.15) is 0 Å². The van der Waals surface area contributed by atoms with E-state index in [-0.39, 0.29) is 29.5 Å². The Morgan fingerprint density at radius 3 is 2.75 bits per heavy atom. The number of nitro groups is 1. The molecule has 0 bridgehead atoms. The van der Waals surface area contributed by atoms with Crippen molar-refractivity contribution in [2.45, 2.75) is 6.92 Å². The Kier molecular flexibility index (Phi) is 4.52. The first kappa shape index (κ1) is 14.3. The van der Waals surface area contributed by atoms with Crippen LogP contribution in [0.15, 0.2) is 18.2 Å². The zero-order valence-electron chi connectivity index (χ0n) is 11.2. The van der Waals surface area contributed by atoms with Crippen molar-refractivity contribution in [3.8, 4) is 5.75 Å². The van der Waals surface area contributed by atoms with E-state index in [1.165, 1.54) is 12.1 Å². The molecule has 2 rings (SSSR count). The van der Waals surface area contributed by atoms with Crippen molar-refractivity contribution in [3.05, 3.63) is 33.9 Å². The molecule has 1 aromatic rings. The molecule has 1 fully saturated rings. The van der Waals surface area contributed by atoms with Crippen LogP contribution in [-0.4, -0.2) is 48.6 Å². The van der Waals surface area contributed by atoms with Gasteiger partial charge in [-0.05, 0) is 13.0 Å². The summed E-state index contributed by atoms with van der Waals surface area (Å²) in [5.41, 5.74) is 0.0360. The van der Waals surface area contributed by atoms with Gasteiger partial charge in [0, 0.05) is 19.2 Å². The van der Waals surface area contributed by atoms with Gasteiger partial charge in [0.25, 0.3) is 5.91 Å². The summed E-state index contributed by atoms with van der Waals surface area (Å²) in [7, 11) is 0. The van der Waals surface area contributed by atoms with Crippen molar-refractivity contribution in [1.82, 2.24) is 4.90 Å². The standard InChI is InChI=1S/C13H16N2O5/c1-2-20-12-10(4-3-5-11(12)15(17)18)13(16)14-6-8-19-9-7-14/h3-5H,2,6-9H2,1H3. The molecule has 1 heterocycles. The Labute approximate surface area is 116 Å². The molecular formula is C13H16N2O5. The average molecular weight is 280 g/mol. The fourth-order valence-electron chi connectivity index (χ4n) is 2.07. The lowest BCUT2D eigenvalue weighted by atomic mass is 10.1. The number of nitro benzene ring substituents is 1. The van der Waals surface area contributed by atoms with Crippen molar-refractivity contribution in [2.24, 2.45) is 0 Å². The molecule has 20 heavy (non-hydrogen) atoms. The summed E-state index contributed by atoms with van der Waals surface area (Å²) >= 11 is 0. The maximum absolute atomic E-state index is 12.4. The molecular weight excluding hydrogens is 264 g/mol. The SMILES string of the molecule is CCOc1c(C(=O)N2CCOCC2)cccc1[N+](=O)[O-]. The van der Waals surface area contributed by atoms with Crippen LogP contribution in [0.2, 0.25) is 0 Å². The highest BCUT2D eigenvalue weighted by molar-refractivity contribution is 5.98. The number of nitrogens with zero attached hydrogens (tertiary/aromatic N) is 2. The minimum atomic E-state index is -0.541. The summed E-state index contributed by atoms with van der Waals surface area (Å²) in [6, 6.07) is 4.38. The van der Waals surface area contributed by atoms with Gasteiger partial charge in [-0.3, -0.25) is 14.9 Å². The Morgan fingerprint density at radius 2 is 2.15 bits per heavy atom. The minimum absolute atomic E-state index is 0.0384. The van der Waals surface area contributed by atoms with Crippen LogP contribution < -0.4 is 4.74 Å². The predicted octanol–water partition coefficient (Wildman–Crippen LogP) is 1.47. The molecule has 0 saturated carbocycles. The van der Waals surface area contributed by atoms with E-state index in [1.807, 2.05) is 0 Å². The molecule has 1 aromatic carbocycles. The number of benzene rings is 1.